The minimum Gasteiger partial charge on any atom is -0.505 e. The molecule has 92 valence electrons. The molecule has 0 bridgehead atoms. The van der Waals surface area contributed by atoms with Crippen molar-refractivity contribution in [1.29, 1.82) is 0 Å². The number of aliphatic hydroxyl groups excluding tert-OH is 1. The third-order valence-electron chi connectivity index (χ3n) is 3.25. The lowest BCUT2D eigenvalue weighted by Gasteiger charge is -2.19. The Hall–Kier alpha value is -1.62. The van der Waals surface area contributed by atoms with Crippen LogP contribution in [0.5, 0.6) is 5.75 Å². The SMILES string of the molecule is O=C(NC1CCCC1CO)c1ccncc1O. The lowest BCUT2D eigenvalue weighted by Crippen LogP contribution is -2.38. The lowest BCUT2D eigenvalue weighted by molar-refractivity contribution is 0.0913. The van der Waals surface area contributed by atoms with Crippen molar-refractivity contribution in [2.45, 2.75) is 25.3 Å². The summed E-state index contributed by atoms with van der Waals surface area (Å²) in [6.07, 6.45) is 5.53. The van der Waals surface area contributed by atoms with Crippen molar-refractivity contribution >= 4 is 5.91 Å². The third kappa shape index (κ3) is 2.55. The molecule has 0 spiro atoms. The van der Waals surface area contributed by atoms with Gasteiger partial charge in [-0.2, -0.15) is 0 Å². The third-order valence-corrected chi connectivity index (χ3v) is 3.25. The number of rotatable bonds is 3. The number of amides is 1. The Balaban J connectivity index is 2.04. The number of pyridine rings is 1. The quantitative estimate of drug-likeness (QED) is 0.720. The Labute approximate surface area is 99.5 Å². The molecule has 5 heteroatoms. The molecule has 0 radical (unpaired) electrons. The van der Waals surface area contributed by atoms with E-state index in [2.05, 4.69) is 10.3 Å². The topological polar surface area (TPSA) is 82.5 Å². The summed E-state index contributed by atoms with van der Waals surface area (Å²) in [6.45, 7) is 0.0905. The van der Waals surface area contributed by atoms with E-state index in [4.69, 9.17) is 5.11 Å². The standard InChI is InChI=1S/C12H16N2O3/c15-7-8-2-1-3-10(8)14-12(17)9-4-5-13-6-11(9)16/h4-6,8,10,15-16H,1-3,7H2,(H,14,17). The van der Waals surface area contributed by atoms with Gasteiger partial charge in [-0.1, -0.05) is 6.42 Å². The van der Waals surface area contributed by atoms with Crippen LogP contribution in [0.4, 0.5) is 0 Å². The van der Waals surface area contributed by atoms with E-state index < -0.39 is 0 Å². The summed E-state index contributed by atoms with van der Waals surface area (Å²) < 4.78 is 0. The minimum absolute atomic E-state index is 0.0000605. The van der Waals surface area contributed by atoms with Crippen molar-refractivity contribution in [1.82, 2.24) is 10.3 Å². The maximum atomic E-state index is 11.9. The Morgan fingerprint density at radius 1 is 1.53 bits per heavy atom. The number of carbonyl (C=O) groups is 1. The number of aliphatic hydroxyl groups is 1. The van der Waals surface area contributed by atoms with Crippen molar-refractivity contribution in [2.75, 3.05) is 6.61 Å². The summed E-state index contributed by atoms with van der Waals surface area (Å²) in [5.41, 5.74) is 0.226. The molecule has 5 nitrogen and oxygen atoms in total. The molecule has 0 aromatic carbocycles. The average molecular weight is 236 g/mol. The summed E-state index contributed by atoms with van der Waals surface area (Å²) in [5, 5.41) is 21.5. The Bertz CT molecular complexity index is 408. The molecule has 1 aliphatic rings. The summed E-state index contributed by atoms with van der Waals surface area (Å²) >= 11 is 0. The first-order valence-corrected chi connectivity index (χ1v) is 5.77. The lowest BCUT2D eigenvalue weighted by atomic mass is 10.0. The van der Waals surface area contributed by atoms with E-state index in [9.17, 15) is 9.90 Å². The first-order valence-electron chi connectivity index (χ1n) is 5.77. The van der Waals surface area contributed by atoms with Crippen LogP contribution in [0.25, 0.3) is 0 Å². The van der Waals surface area contributed by atoms with E-state index in [1.54, 1.807) is 0 Å². The Kier molecular flexibility index (Phi) is 3.58. The second-order valence-electron chi connectivity index (χ2n) is 4.35. The number of aromatic hydroxyl groups is 1. The first kappa shape index (κ1) is 11.9. The minimum atomic E-state index is -0.310. The van der Waals surface area contributed by atoms with Crippen molar-refractivity contribution in [3.8, 4) is 5.75 Å². The Morgan fingerprint density at radius 2 is 2.35 bits per heavy atom. The predicted molar refractivity (Wildman–Crippen MR) is 61.6 cm³/mol. The zero-order valence-electron chi connectivity index (χ0n) is 9.47. The maximum absolute atomic E-state index is 11.9. The summed E-state index contributed by atoms with van der Waals surface area (Å²) in [6, 6.07) is 1.48. The van der Waals surface area contributed by atoms with Gasteiger partial charge in [0.1, 0.15) is 5.75 Å². The van der Waals surface area contributed by atoms with Crippen molar-refractivity contribution in [3.63, 3.8) is 0 Å². The van der Waals surface area contributed by atoms with Crippen LogP contribution in [0.1, 0.15) is 29.6 Å². The van der Waals surface area contributed by atoms with E-state index >= 15 is 0 Å². The van der Waals surface area contributed by atoms with E-state index in [0.717, 1.165) is 19.3 Å². The first-order chi connectivity index (χ1) is 8.22. The van der Waals surface area contributed by atoms with Crippen LogP contribution in [0.2, 0.25) is 0 Å². The normalized spacial score (nSPS) is 23.6. The highest BCUT2D eigenvalue weighted by molar-refractivity contribution is 5.96. The second-order valence-corrected chi connectivity index (χ2v) is 4.35. The molecule has 1 heterocycles. The van der Waals surface area contributed by atoms with Crippen LogP contribution in [0.15, 0.2) is 18.5 Å². The Morgan fingerprint density at radius 3 is 3.06 bits per heavy atom. The second kappa shape index (κ2) is 5.14. The number of aromatic nitrogens is 1. The van der Waals surface area contributed by atoms with Gasteiger partial charge in [-0.25, -0.2) is 0 Å². The highest BCUT2D eigenvalue weighted by Gasteiger charge is 2.28. The number of hydrogen-bond donors (Lipinski definition) is 3. The van der Waals surface area contributed by atoms with Gasteiger partial charge in [-0.3, -0.25) is 9.78 Å². The van der Waals surface area contributed by atoms with Crippen LogP contribution >= 0.6 is 0 Å². The molecule has 17 heavy (non-hydrogen) atoms. The average Bonchev–Trinajstić information content (AvgIpc) is 2.76. The fourth-order valence-corrected chi connectivity index (χ4v) is 2.27. The maximum Gasteiger partial charge on any atom is 0.255 e. The van der Waals surface area contributed by atoms with Crippen molar-refractivity contribution in [2.24, 2.45) is 5.92 Å². The fourth-order valence-electron chi connectivity index (χ4n) is 2.27. The summed E-state index contributed by atoms with van der Waals surface area (Å²) in [7, 11) is 0. The van der Waals surface area contributed by atoms with Crippen LogP contribution < -0.4 is 5.32 Å². The zero-order chi connectivity index (χ0) is 12.3. The predicted octanol–water partition coefficient (Wildman–Crippen LogP) is 0.678. The van der Waals surface area contributed by atoms with Gasteiger partial charge in [0.2, 0.25) is 0 Å². The highest BCUT2D eigenvalue weighted by atomic mass is 16.3. The van der Waals surface area contributed by atoms with Gasteiger partial charge >= 0.3 is 0 Å². The van der Waals surface area contributed by atoms with E-state index in [0.29, 0.717) is 0 Å². The van der Waals surface area contributed by atoms with Gasteiger partial charge in [0, 0.05) is 24.8 Å². The summed E-state index contributed by atoms with van der Waals surface area (Å²) in [5.74, 6) is -0.304. The number of nitrogens with one attached hydrogen (secondary N) is 1. The molecule has 1 aromatic heterocycles. The van der Waals surface area contributed by atoms with Gasteiger partial charge in [-0.05, 0) is 18.9 Å². The number of carbonyl (C=O) groups excluding carboxylic acids is 1. The van der Waals surface area contributed by atoms with Crippen LogP contribution in [0.3, 0.4) is 0 Å². The molecule has 0 aliphatic heterocycles. The number of nitrogens with zero attached hydrogens (tertiary/aromatic N) is 1. The van der Waals surface area contributed by atoms with E-state index in [1.165, 1.54) is 18.5 Å². The van der Waals surface area contributed by atoms with Crippen molar-refractivity contribution in [3.05, 3.63) is 24.0 Å². The van der Waals surface area contributed by atoms with Crippen LogP contribution in [-0.2, 0) is 0 Å². The van der Waals surface area contributed by atoms with Crippen molar-refractivity contribution < 1.29 is 15.0 Å². The van der Waals surface area contributed by atoms with Gasteiger partial charge < -0.3 is 15.5 Å². The molecule has 1 aliphatic carbocycles. The molecule has 2 atom stereocenters. The molecular weight excluding hydrogens is 220 g/mol. The van der Waals surface area contributed by atoms with Gasteiger partial charge in [0.25, 0.3) is 5.91 Å². The highest BCUT2D eigenvalue weighted by Crippen LogP contribution is 2.25. The van der Waals surface area contributed by atoms with Gasteiger partial charge in [-0.15, -0.1) is 0 Å². The van der Waals surface area contributed by atoms with Gasteiger partial charge in [0.15, 0.2) is 0 Å². The zero-order valence-corrected chi connectivity index (χ0v) is 9.47. The van der Waals surface area contributed by atoms with Crippen LogP contribution in [-0.4, -0.2) is 33.8 Å². The van der Waals surface area contributed by atoms with E-state index in [-0.39, 0.29) is 35.8 Å². The largest absolute Gasteiger partial charge is 0.505 e. The number of hydrogen-bond acceptors (Lipinski definition) is 4. The molecule has 1 aromatic rings. The fraction of sp³-hybridized carbons (Fsp3) is 0.500. The molecule has 1 saturated carbocycles. The van der Waals surface area contributed by atoms with Gasteiger partial charge in [0.05, 0.1) is 11.8 Å². The molecule has 1 fully saturated rings. The van der Waals surface area contributed by atoms with E-state index in [1.807, 2.05) is 0 Å². The monoisotopic (exact) mass is 236 g/mol. The molecule has 0 saturated heterocycles. The smallest absolute Gasteiger partial charge is 0.255 e. The molecule has 2 rings (SSSR count). The molecular formula is C12H16N2O3. The molecule has 2 unspecified atom stereocenters. The van der Waals surface area contributed by atoms with Crippen LogP contribution in [0, 0.1) is 5.92 Å². The summed E-state index contributed by atoms with van der Waals surface area (Å²) in [4.78, 5) is 15.6. The molecule has 3 N–H and O–H groups in total. The molecule has 1 amide bonds.